The summed E-state index contributed by atoms with van der Waals surface area (Å²) < 4.78 is 24.5. The van der Waals surface area contributed by atoms with Crippen molar-refractivity contribution in [2.75, 3.05) is 13.1 Å². The number of hydrogen-bond donors (Lipinski definition) is 0. The van der Waals surface area contributed by atoms with Gasteiger partial charge in [-0.2, -0.15) is 0 Å². The first-order valence-corrected chi connectivity index (χ1v) is 5.65. The molecule has 1 nitrogen and oxygen atoms in total. The van der Waals surface area contributed by atoms with Crippen molar-refractivity contribution in [3.63, 3.8) is 0 Å². The average molecular weight is 205 g/mol. The summed E-state index contributed by atoms with van der Waals surface area (Å²) in [7, 11) is 0. The minimum absolute atomic E-state index is 0.0267. The van der Waals surface area contributed by atoms with Gasteiger partial charge in [0.1, 0.15) is 0 Å². The molecule has 1 fully saturated rings. The molecule has 3 heteroatoms. The second kappa shape index (κ2) is 5.64. The fraction of sp³-hybridized carbons (Fsp3) is 1.00. The molecule has 1 rings (SSSR count). The molecular formula is C11H21F2N. The van der Waals surface area contributed by atoms with Crippen LogP contribution >= 0.6 is 0 Å². The standard InChI is InChI=1S/C11H21F2N/c1-3-9(2)7-10-5-4-6-14(10)8-11(12)13/h9-11H,3-8H2,1-2H3/t9?,10-/m1/s1. The van der Waals surface area contributed by atoms with Crippen molar-refractivity contribution in [1.29, 1.82) is 0 Å². The Labute approximate surface area is 85.5 Å². The molecule has 0 aromatic carbocycles. The maximum absolute atomic E-state index is 12.2. The Morgan fingerprint density at radius 1 is 1.43 bits per heavy atom. The Kier molecular flexibility index (Phi) is 4.79. The van der Waals surface area contributed by atoms with Crippen molar-refractivity contribution in [3.05, 3.63) is 0 Å². The summed E-state index contributed by atoms with van der Waals surface area (Å²) >= 11 is 0. The number of hydrogen-bond acceptors (Lipinski definition) is 1. The van der Waals surface area contributed by atoms with Gasteiger partial charge in [-0.25, -0.2) is 8.78 Å². The monoisotopic (exact) mass is 205 g/mol. The second-order valence-corrected chi connectivity index (χ2v) is 4.43. The van der Waals surface area contributed by atoms with Crippen molar-refractivity contribution < 1.29 is 8.78 Å². The van der Waals surface area contributed by atoms with Crippen molar-refractivity contribution in [2.24, 2.45) is 5.92 Å². The van der Waals surface area contributed by atoms with Gasteiger partial charge in [-0.15, -0.1) is 0 Å². The number of rotatable bonds is 5. The number of nitrogens with zero attached hydrogens (tertiary/aromatic N) is 1. The third kappa shape index (κ3) is 3.52. The normalized spacial score (nSPS) is 25.9. The van der Waals surface area contributed by atoms with Crippen LogP contribution in [0, 0.1) is 5.92 Å². The van der Waals surface area contributed by atoms with E-state index in [4.69, 9.17) is 0 Å². The minimum Gasteiger partial charge on any atom is -0.295 e. The minimum atomic E-state index is -2.17. The van der Waals surface area contributed by atoms with E-state index in [1.165, 1.54) is 0 Å². The smallest absolute Gasteiger partial charge is 0.251 e. The largest absolute Gasteiger partial charge is 0.295 e. The topological polar surface area (TPSA) is 3.24 Å². The van der Waals surface area contributed by atoms with Crippen LogP contribution in [0.5, 0.6) is 0 Å². The molecule has 1 heterocycles. The molecule has 0 spiro atoms. The van der Waals surface area contributed by atoms with Gasteiger partial charge < -0.3 is 0 Å². The van der Waals surface area contributed by atoms with Crippen molar-refractivity contribution >= 4 is 0 Å². The highest BCUT2D eigenvalue weighted by Crippen LogP contribution is 2.25. The average Bonchev–Trinajstić information content (AvgIpc) is 2.52. The zero-order valence-corrected chi connectivity index (χ0v) is 9.18. The Hall–Kier alpha value is -0.180. The Morgan fingerprint density at radius 2 is 2.14 bits per heavy atom. The Balaban J connectivity index is 2.35. The highest BCUT2D eigenvalue weighted by Gasteiger charge is 2.27. The van der Waals surface area contributed by atoms with E-state index in [9.17, 15) is 8.78 Å². The molecule has 1 unspecified atom stereocenters. The number of likely N-dealkylation sites (tertiary alicyclic amines) is 1. The Morgan fingerprint density at radius 3 is 2.71 bits per heavy atom. The molecule has 0 aliphatic carbocycles. The lowest BCUT2D eigenvalue weighted by molar-refractivity contribution is 0.0770. The molecule has 1 saturated heterocycles. The molecule has 0 aromatic rings. The third-order valence-electron chi connectivity index (χ3n) is 3.24. The van der Waals surface area contributed by atoms with Crippen LogP contribution < -0.4 is 0 Å². The zero-order valence-electron chi connectivity index (χ0n) is 9.18. The van der Waals surface area contributed by atoms with Gasteiger partial charge in [-0.1, -0.05) is 20.3 Å². The van der Waals surface area contributed by atoms with Gasteiger partial charge >= 0.3 is 0 Å². The molecule has 14 heavy (non-hydrogen) atoms. The predicted octanol–water partition coefficient (Wildman–Crippen LogP) is 3.15. The van der Waals surface area contributed by atoms with Crippen LogP contribution in [-0.2, 0) is 0 Å². The summed E-state index contributed by atoms with van der Waals surface area (Å²) in [6, 6.07) is 0.416. The molecule has 0 aromatic heterocycles. The molecule has 0 saturated carbocycles. The van der Waals surface area contributed by atoms with Crippen molar-refractivity contribution in [2.45, 2.75) is 52.0 Å². The van der Waals surface area contributed by atoms with Gasteiger partial charge in [-0.05, 0) is 31.7 Å². The quantitative estimate of drug-likeness (QED) is 0.666. The van der Waals surface area contributed by atoms with E-state index in [1.54, 1.807) is 0 Å². The maximum Gasteiger partial charge on any atom is 0.251 e. The molecule has 1 aliphatic heterocycles. The maximum atomic E-state index is 12.2. The second-order valence-electron chi connectivity index (χ2n) is 4.43. The van der Waals surface area contributed by atoms with Crippen LogP contribution in [0.2, 0.25) is 0 Å². The van der Waals surface area contributed by atoms with E-state index in [-0.39, 0.29) is 6.54 Å². The summed E-state index contributed by atoms with van der Waals surface area (Å²) in [6.07, 6.45) is 2.26. The third-order valence-corrected chi connectivity index (χ3v) is 3.24. The van der Waals surface area contributed by atoms with Crippen LogP contribution in [0.1, 0.15) is 39.5 Å². The fourth-order valence-electron chi connectivity index (χ4n) is 2.21. The van der Waals surface area contributed by atoms with Crippen molar-refractivity contribution in [3.8, 4) is 0 Å². The summed E-state index contributed by atoms with van der Waals surface area (Å²) in [5.74, 6) is 0.665. The van der Waals surface area contributed by atoms with Gasteiger partial charge in [0, 0.05) is 6.04 Å². The summed E-state index contributed by atoms with van der Waals surface area (Å²) in [4.78, 5) is 1.97. The van der Waals surface area contributed by atoms with Gasteiger partial charge in [0.2, 0.25) is 0 Å². The van der Waals surface area contributed by atoms with Gasteiger partial charge in [0.15, 0.2) is 0 Å². The summed E-state index contributed by atoms with van der Waals surface area (Å²) in [5.41, 5.74) is 0. The highest BCUT2D eigenvalue weighted by atomic mass is 19.3. The summed E-state index contributed by atoms with van der Waals surface area (Å²) in [6.45, 7) is 5.21. The highest BCUT2D eigenvalue weighted by molar-refractivity contribution is 4.80. The lowest BCUT2D eigenvalue weighted by Crippen LogP contribution is -2.34. The van der Waals surface area contributed by atoms with E-state index in [2.05, 4.69) is 13.8 Å². The number of halogens is 2. The van der Waals surface area contributed by atoms with Crippen LogP contribution in [0.3, 0.4) is 0 Å². The van der Waals surface area contributed by atoms with Gasteiger partial charge in [0.05, 0.1) is 6.54 Å². The lowest BCUT2D eigenvalue weighted by atomic mass is 9.98. The number of alkyl halides is 2. The fourth-order valence-corrected chi connectivity index (χ4v) is 2.21. The zero-order chi connectivity index (χ0) is 10.6. The lowest BCUT2D eigenvalue weighted by Gasteiger charge is -2.26. The molecule has 0 radical (unpaired) electrons. The molecule has 84 valence electrons. The first kappa shape index (κ1) is 11.9. The molecule has 0 amide bonds. The molecule has 1 aliphatic rings. The predicted molar refractivity (Wildman–Crippen MR) is 54.7 cm³/mol. The molecule has 2 atom stereocenters. The molecule has 0 N–H and O–H groups in total. The Bertz CT molecular complexity index is 161. The van der Waals surface area contributed by atoms with Crippen LogP contribution in [-0.4, -0.2) is 30.5 Å². The first-order chi connectivity index (χ1) is 6.63. The van der Waals surface area contributed by atoms with Gasteiger partial charge in [-0.3, -0.25) is 4.90 Å². The van der Waals surface area contributed by atoms with Crippen LogP contribution in [0.15, 0.2) is 0 Å². The van der Waals surface area contributed by atoms with E-state index in [0.29, 0.717) is 12.0 Å². The molecule has 0 bridgehead atoms. The first-order valence-electron chi connectivity index (χ1n) is 5.65. The van der Waals surface area contributed by atoms with E-state index in [0.717, 1.165) is 32.2 Å². The van der Waals surface area contributed by atoms with E-state index >= 15 is 0 Å². The SMILES string of the molecule is CCC(C)C[C@H]1CCCN1CC(F)F. The molecular weight excluding hydrogens is 184 g/mol. The van der Waals surface area contributed by atoms with E-state index in [1.807, 2.05) is 4.90 Å². The van der Waals surface area contributed by atoms with Gasteiger partial charge in [0.25, 0.3) is 6.43 Å². The van der Waals surface area contributed by atoms with Crippen LogP contribution in [0.4, 0.5) is 8.78 Å². The van der Waals surface area contributed by atoms with E-state index < -0.39 is 6.43 Å². The van der Waals surface area contributed by atoms with Crippen LogP contribution in [0.25, 0.3) is 0 Å². The van der Waals surface area contributed by atoms with Crippen molar-refractivity contribution in [1.82, 2.24) is 4.90 Å². The summed E-state index contributed by atoms with van der Waals surface area (Å²) in [5, 5.41) is 0.